The first kappa shape index (κ1) is 13.6. The quantitative estimate of drug-likeness (QED) is 0.872. The summed E-state index contributed by atoms with van der Waals surface area (Å²) in [4.78, 5) is 4.29. The van der Waals surface area contributed by atoms with Gasteiger partial charge in [0.25, 0.3) is 0 Å². The van der Waals surface area contributed by atoms with Crippen molar-refractivity contribution in [3.8, 4) is 0 Å². The standard InChI is InChI=1S/C14H25N3O/c1-12(2)16-9-13-8-15-11-17(13)10-14(3)4-6-18-7-5-14/h8,11-12,16H,4-7,9-10H2,1-3H3. The van der Waals surface area contributed by atoms with Crippen molar-refractivity contribution in [2.45, 2.75) is 52.7 Å². The minimum Gasteiger partial charge on any atom is -0.381 e. The molecule has 102 valence electrons. The lowest BCUT2D eigenvalue weighted by molar-refractivity contribution is 0.0151. The van der Waals surface area contributed by atoms with Gasteiger partial charge >= 0.3 is 0 Å². The van der Waals surface area contributed by atoms with E-state index < -0.39 is 0 Å². The number of hydrogen-bond acceptors (Lipinski definition) is 3. The smallest absolute Gasteiger partial charge is 0.0948 e. The van der Waals surface area contributed by atoms with E-state index in [0.29, 0.717) is 11.5 Å². The normalized spacial score (nSPS) is 19.3. The van der Waals surface area contributed by atoms with Crippen molar-refractivity contribution in [3.05, 3.63) is 18.2 Å². The number of imidazole rings is 1. The van der Waals surface area contributed by atoms with Crippen molar-refractivity contribution in [2.75, 3.05) is 13.2 Å². The SMILES string of the molecule is CC(C)NCc1cncn1CC1(C)CCOCC1. The molecule has 4 heteroatoms. The zero-order valence-electron chi connectivity index (χ0n) is 11.8. The third-order valence-electron chi connectivity index (χ3n) is 3.74. The average Bonchev–Trinajstić information content (AvgIpc) is 2.74. The maximum Gasteiger partial charge on any atom is 0.0948 e. The van der Waals surface area contributed by atoms with Crippen LogP contribution in [-0.4, -0.2) is 28.8 Å². The van der Waals surface area contributed by atoms with Crippen LogP contribution in [0.4, 0.5) is 0 Å². The largest absolute Gasteiger partial charge is 0.381 e. The molecule has 0 aliphatic carbocycles. The lowest BCUT2D eigenvalue weighted by Gasteiger charge is -2.34. The van der Waals surface area contributed by atoms with E-state index in [4.69, 9.17) is 4.74 Å². The third-order valence-corrected chi connectivity index (χ3v) is 3.74. The Bertz CT molecular complexity index is 367. The molecule has 0 aromatic carbocycles. The molecule has 1 saturated heterocycles. The highest BCUT2D eigenvalue weighted by molar-refractivity contribution is 4.99. The van der Waals surface area contributed by atoms with Crippen molar-refractivity contribution in [1.82, 2.24) is 14.9 Å². The van der Waals surface area contributed by atoms with E-state index in [1.165, 1.54) is 5.69 Å². The number of nitrogens with one attached hydrogen (secondary N) is 1. The Morgan fingerprint density at radius 1 is 1.44 bits per heavy atom. The molecule has 18 heavy (non-hydrogen) atoms. The molecule has 1 aliphatic heterocycles. The molecule has 1 N–H and O–H groups in total. The van der Waals surface area contributed by atoms with Gasteiger partial charge in [-0.2, -0.15) is 0 Å². The van der Waals surface area contributed by atoms with Crippen LogP contribution in [0.3, 0.4) is 0 Å². The van der Waals surface area contributed by atoms with Crippen LogP contribution in [0.1, 0.15) is 39.3 Å². The van der Waals surface area contributed by atoms with Gasteiger partial charge in [-0.15, -0.1) is 0 Å². The lowest BCUT2D eigenvalue weighted by Crippen LogP contribution is -2.32. The van der Waals surface area contributed by atoms with Crippen molar-refractivity contribution in [1.29, 1.82) is 0 Å². The van der Waals surface area contributed by atoms with Crippen molar-refractivity contribution in [2.24, 2.45) is 5.41 Å². The molecule has 0 unspecified atom stereocenters. The molecular formula is C14H25N3O. The summed E-state index contributed by atoms with van der Waals surface area (Å²) in [6.45, 7) is 10.4. The number of ether oxygens (including phenoxy) is 1. The average molecular weight is 251 g/mol. The summed E-state index contributed by atoms with van der Waals surface area (Å²) in [5.74, 6) is 0. The number of aromatic nitrogens is 2. The molecule has 1 fully saturated rings. The van der Waals surface area contributed by atoms with Crippen molar-refractivity contribution >= 4 is 0 Å². The van der Waals surface area contributed by atoms with E-state index in [1.807, 2.05) is 12.5 Å². The Morgan fingerprint density at radius 2 is 2.17 bits per heavy atom. The molecule has 0 spiro atoms. The summed E-state index contributed by atoms with van der Waals surface area (Å²) in [6, 6.07) is 0.506. The van der Waals surface area contributed by atoms with Gasteiger partial charge in [0.05, 0.1) is 12.0 Å². The third kappa shape index (κ3) is 3.56. The molecule has 0 atom stereocenters. The molecular weight excluding hydrogens is 226 g/mol. The van der Waals surface area contributed by atoms with Crippen LogP contribution in [0.2, 0.25) is 0 Å². The van der Waals surface area contributed by atoms with Gasteiger partial charge in [-0.25, -0.2) is 4.98 Å². The van der Waals surface area contributed by atoms with Crippen LogP contribution < -0.4 is 5.32 Å². The fourth-order valence-corrected chi connectivity index (χ4v) is 2.38. The molecule has 1 aliphatic rings. The lowest BCUT2D eigenvalue weighted by atomic mass is 9.82. The van der Waals surface area contributed by atoms with Crippen LogP contribution in [-0.2, 0) is 17.8 Å². The summed E-state index contributed by atoms with van der Waals surface area (Å²) in [5, 5.41) is 3.45. The second kappa shape index (κ2) is 5.85. The fourth-order valence-electron chi connectivity index (χ4n) is 2.38. The Labute approximate surface area is 110 Å². The maximum absolute atomic E-state index is 5.46. The highest BCUT2D eigenvalue weighted by Gasteiger charge is 2.28. The van der Waals surface area contributed by atoms with Crippen LogP contribution >= 0.6 is 0 Å². The molecule has 0 radical (unpaired) electrons. The Kier molecular flexibility index (Phi) is 4.40. The number of hydrogen-bond donors (Lipinski definition) is 1. The molecule has 2 rings (SSSR count). The Morgan fingerprint density at radius 3 is 2.83 bits per heavy atom. The predicted molar refractivity (Wildman–Crippen MR) is 72.4 cm³/mol. The highest BCUT2D eigenvalue weighted by Crippen LogP contribution is 2.31. The Balaban J connectivity index is 1.98. The summed E-state index contributed by atoms with van der Waals surface area (Å²) < 4.78 is 7.75. The summed E-state index contributed by atoms with van der Waals surface area (Å²) in [6.07, 6.45) is 6.21. The van der Waals surface area contributed by atoms with E-state index in [0.717, 1.165) is 39.1 Å². The van der Waals surface area contributed by atoms with Crippen LogP contribution in [0, 0.1) is 5.41 Å². The molecule has 1 aromatic rings. The topological polar surface area (TPSA) is 39.1 Å². The summed E-state index contributed by atoms with van der Waals surface area (Å²) in [7, 11) is 0. The molecule has 0 amide bonds. The van der Waals surface area contributed by atoms with Crippen LogP contribution in [0.5, 0.6) is 0 Å². The van der Waals surface area contributed by atoms with E-state index in [2.05, 4.69) is 35.6 Å². The van der Waals surface area contributed by atoms with Gasteiger partial charge in [-0.05, 0) is 18.3 Å². The summed E-state index contributed by atoms with van der Waals surface area (Å²) in [5.41, 5.74) is 1.63. The van der Waals surface area contributed by atoms with E-state index in [9.17, 15) is 0 Å². The van der Waals surface area contributed by atoms with Crippen molar-refractivity contribution < 1.29 is 4.74 Å². The van der Waals surface area contributed by atoms with Gasteiger partial charge in [0.2, 0.25) is 0 Å². The highest BCUT2D eigenvalue weighted by atomic mass is 16.5. The zero-order valence-corrected chi connectivity index (χ0v) is 11.8. The van der Waals surface area contributed by atoms with E-state index in [-0.39, 0.29) is 0 Å². The van der Waals surface area contributed by atoms with Crippen molar-refractivity contribution in [3.63, 3.8) is 0 Å². The van der Waals surface area contributed by atoms with Gasteiger partial charge in [0, 0.05) is 38.5 Å². The van der Waals surface area contributed by atoms with Gasteiger partial charge in [-0.3, -0.25) is 0 Å². The van der Waals surface area contributed by atoms with Gasteiger partial charge in [-0.1, -0.05) is 20.8 Å². The minimum atomic E-state index is 0.353. The Hall–Kier alpha value is -0.870. The van der Waals surface area contributed by atoms with E-state index >= 15 is 0 Å². The maximum atomic E-state index is 5.46. The minimum absolute atomic E-state index is 0.353. The molecule has 4 nitrogen and oxygen atoms in total. The van der Waals surface area contributed by atoms with E-state index in [1.54, 1.807) is 0 Å². The second-order valence-electron chi connectivity index (χ2n) is 5.97. The fraction of sp³-hybridized carbons (Fsp3) is 0.786. The molecule has 0 bridgehead atoms. The summed E-state index contributed by atoms with van der Waals surface area (Å²) >= 11 is 0. The monoisotopic (exact) mass is 251 g/mol. The van der Waals surface area contributed by atoms with Crippen LogP contribution in [0.25, 0.3) is 0 Å². The predicted octanol–water partition coefficient (Wildman–Crippen LogP) is 2.20. The number of rotatable bonds is 5. The van der Waals surface area contributed by atoms with Gasteiger partial charge in [0.1, 0.15) is 0 Å². The second-order valence-corrected chi connectivity index (χ2v) is 5.97. The first-order valence-corrected chi connectivity index (χ1v) is 6.89. The number of nitrogens with zero attached hydrogens (tertiary/aromatic N) is 2. The molecule has 2 heterocycles. The zero-order chi connectivity index (χ0) is 13.0. The first-order valence-electron chi connectivity index (χ1n) is 6.89. The van der Waals surface area contributed by atoms with Crippen LogP contribution in [0.15, 0.2) is 12.5 Å². The molecule has 1 aromatic heterocycles. The van der Waals surface area contributed by atoms with Gasteiger partial charge < -0.3 is 14.6 Å². The first-order chi connectivity index (χ1) is 8.59. The van der Waals surface area contributed by atoms with Gasteiger partial charge in [0.15, 0.2) is 0 Å². The molecule has 0 saturated carbocycles.